The molecule has 0 saturated carbocycles. The number of halogens is 1. The molecule has 2 rings (SSSR count). The van der Waals surface area contributed by atoms with Gasteiger partial charge in [-0.2, -0.15) is 0 Å². The van der Waals surface area contributed by atoms with Crippen LogP contribution >= 0.6 is 11.6 Å². The van der Waals surface area contributed by atoms with Gasteiger partial charge in [-0.15, -0.1) is 0 Å². The number of amides is 2. The second-order valence-corrected chi connectivity index (χ2v) is 6.57. The number of unbranched alkanes of at least 4 members (excludes halogenated alkanes) is 1. The Bertz CT molecular complexity index is 839. The highest BCUT2D eigenvalue weighted by Crippen LogP contribution is 2.37. The van der Waals surface area contributed by atoms with Crippen LogP contribution in [0.4, 0.5) is 0 Å². The topological polar surface area (TPSA) is 90.6 Å². The average Bonchev–Trinajstić information content (AvgIpc) is 2.68. The summed E-state index contributed by atoms with van der Waals surface area (Å²) in [7, 11) is 0. The Morgan fingerprint density at radius 1 is 1.11 bits per heavy atom. The Kier molecular flexibility index (Phi) is 8.14. The highest BCUT2D eigenvalue weighted by Gasteiger charge is 2.16. The smallest absolute Gasteiger partial charge is 0.251 e. The number of carbonyl (C=O) groups is 2. The summed E-state index contributed by atoms with van der Waals surface area (Å²) in [4.78, 5) is 23.8. The lowest BCUT2D eigenvalue weighted by Gasteiger charge is -2.15. The molecule has 0 radical (unpaired) electrons. The van der Waals surface area contributed by atoms with E-state index in [1.807, 2.05) is 6.92 Å². The maximum atomic E-state index is 12.6. The molecule has 7 heteroatoms. The van der Waals surface area contributed by atoms with Gasteiger partial charge >= 0.3 is 0 Å². The van der Waals surface area contributed by atoms with Gasteiger partial charge in [0.2, 0.25) is 5.91 Å². The maximum Gasteiger partial charge on any atom is 0.251 e. The van der Waals surface area contributed by atoms with E-state index in [0.717, 1.165) is 18.4 Å². The Hall–Kier alpha value is -2.73. The average molecular weight is 405 g/mol. The van der Waals surface area contributed by atoms with Crippen molar-refractivity contribution >= 4 is 23.4 Å². The quantitative estimate of drug-likeness (QED) is 0.586. The molecule has 2 aromatic rings. The van der Waals surface area contributed by atoms with Gasteiger partial charge in [-0.25, -0.2) is 0 Å². The molecule has 3 N–H and O–H groups in total. The van der Waals surface area contributed by atoms with E-state index in [-0.39, 0.29) is 12.5 Å². The minimum atomic E-state index is -0.514. The first-order chi connectivity index (χ1) is 13.5. The van der Waals surface area contributed by atoms with E-state index in [2.05, 4.69) is 12.2 Å². The second kappa shape index (κ2) is 10.6. The van der Waals surface area contributed by atoms with Crippen LogP contribution in [-0.2, 0) is 6.54 Å². The van der Waals surface area contributed by atoms with E-state index >= 15 is 0 Å². The molecule has 0 fully saturated rings. The third kappa shape index (κ3) is 5.89. The number of benzene rings is 2. The molecule has 0 aromatic heterocycles. The van der Waals surface area contributed by atoms with Gasteiger partial charge in [-0.3, -0.25) is 9.59 Å². The normalized spacial score (nSPS) is 10.4. The van der Waals surface area contributed by atoms with Gasteiger partial charge in [0.15, 0.2) is 11.5 Å². The van der Waals surface area contributed by atoms with E-state index in [4.69, 9.17) is 26.8 Å². The van der Waals surface area contributed by atoms with Crippen LogP contribution in [0.3, 0.4) is 0 Å². The fraction of sp³-hybridized carbons (Fsp3) is 0.333. The molecule has 0 spiro atoms. The Morgan fingerprint density at radius 2 is 1.89 bits per heavy atom. The van der Waals surface area contributed by atoms with E-state index in [0.29, 0.717) is 40.9 Å². The summed E-state index contributed by atoms with van der Waals surface area (Å²) in [6, 6.07) is 9.96. The van der Waals surface area contributed by atoms with Crippen LogP contribution in [0.5, 0.6) is 11.5 Å². The van der Waals surface area contributed by atoms with Gasteiger partial charge in [0, 0.05) is 17.7 Å². The number of nitrogens with two attached hydrogens (primary N) is 1. The number of rotatable bonds is 10. The van der Waals surface area contributed by atoms with Crippen LogP contribution < -0.4 is 20.5 Å². The van der Waals surface area contributed by atoms with Crippen LogP contribution in [0, 0.1) is 0 Å². The number of hydrogen-bond acceptors (Lipinski definition) is 4. The SMILES string of the molecule is CCCCOc1c(Cl)cc(C(=O)NCc2cccc(C(N)=O)c2)cc1OCC. The van der Waals surface area contributed by atoms with Crippen molar-refractivity contribution in [1.29, 1.82) is 0 Å². The summed E-state index contributed by atoms with van der Waals surface area (Å²) >= 11 is 6.33. The van der Waals surface area contributed by atoms with Crippen molar-refractivity contribution in [3.05, 3.63) is 58.1 Å². The zero-order valence-electron chi connectivity index (χ0n) is 16.1. The molecule has 28 heavy (non-hydrogen) atoms. The van der Waals surface area contributed by atoms with Crippen LogP contribution in [0.15, 0.2) is 36.4 Å². The summed E-state index contributed by atoms with van der Waals surface area (Å²) in [6.45, 7) is 5.11. The Morgan fingerprint density at radius 3 is 2.57 bits per heavy atom. The van der Waals surface area contributed by atoms with E-state index in [9.17, 15) is 9.59 Å². The van der Waals surface area contributed by atoms with Gasteiger partial charge in [-0.1, -0.05) is 37.1 Å². The van der Waals surface area contributed by atoms with Crippen molar-refractivity contribution < 1.29 is 19.1 Å². The second-order valence-electron chi connectivity index (χ2n) is 6.17. The third-order valence-electron chi connectivity index (χ3n) is 3.98. The molecular formula is C21H25ClN2O4. The van der Waals surface area contributed by atoms with Crippen molar-refractivity contribution in [3.63, 3.8) is 0 Å². The number of primary amides is 1. The summed E-state index contributed by atoms with van der Waals surface area (Å²) in [5.41, 5.74) is 6.80. The largest absolute Gasteiger partial charge is 0.490 e. The monoisotopic (exact) mass is 404 g/mol. The predicted molar refractivity (Wildman–Crippen MR) is 109 cm³/mol. The molecule has 0 bridgehead atoms. The number of nitrogens with one attached hydrogen (secondary N) is 1. The minimum Gasteiger partial charge on any atom is -0.490 e. The first kappa shape index (κ1) is 21.6. The fourth-order valence-electron chi connectivity index (χ4n) is 2.54. The van der Waals surface area contributed by atoms with E-state index in [1.54, 1.807) is 36.4 Å². The molecule has 2 aromatic carbocycles. The summed E-state index contributed by atoms with van der Waals surface area (Å²) in [5.74, 6) is 0.0575. The lowest BCUT2D eigenvalue weighted by Crippen LogP contribution is -2.23. The van der Waals surface area contributed by atoms with Crippen LogP contribution in [-0.4, -0.2) is 25.0 Å². The Labute approximate surface area is 170 Å². The molecule has 0 unspecified atom stereocenters. The fourth-order valence-corrected chi connectivity index (χ4v) is 2.80. The van der Waals surface area contributed by atoms with Crippen LogP contribution in [0.1, 0.15) is 53.0 Å². The minimum absolute atomic E-state index is 0.246. The van der Waals surface area contributed by atoms with Gasteiger partial charge in [0.25, 0.3) is 5.91 Å². The highest BCUT2D eigenvalue weighted by atomic mass is 35.5. The molecule has 150 valence electrons. The van der Waals surface area contributed by atoms with E-state index < -0.39 is 5.91 Å². The lowest BCUT2D eigenvalue weighted by molar-refractivity contribution is 0.0949. The Balaban J connectivity index is 2.13. The summed E-state index contributed by atoms with van der Waals surface area (Å²) in [5, 5.41) is 3.13. The molecular weight excluding hydrogens is 380 g/mol. The summed E-state index contributed by atoms with van der Waals surface area (Å²) < 4.78 is 11.3. The molecule has 0 heterocycles. The number of carbonyl (C=O) groups excluding carboxylic acids is 2. The zero-order valence-corrected chi connectivity index (χ0v) is 16.8. The predicted octanol–water partition coefficient (Wildman–Crippen LogP) is 3.95. The van der Waals surface area contributed by atoms with Crippen molar-refractivity contribution in [2.75, 3.05) is 13.2 Å². The first-order valence-electron chi connectivity index (χ1n) is 9.22. The van der Waals surface area contributed by atoms with Crippen molar-refractivity contribution in [2.24, 2.45) is 5.73 Å². The zero-order chi connectivity index (χ0) is 20.5. The number of hydrogen-bond donors (Lipinski definition) is 2. The van der Waals surface area contributed by atoms with Gasteiger partial charge < -0.3 is 20.5 Å². The van der Waals surface area contributed by atoms with Crippen molar-refractivity contribution in [3.8, 4) is 11.5 Å². The highest BCUT2D eigenvalue weighted by molar-refractivity contribution is 6.32. The van der Waals surface area contributed by atoms with Gasteiger partial charge in [0.1, 0.15) is 0 Å². The van der Waals surface area contributed by atoms with Crippen LogP contribution in [0.2, 0.25) is 5.02 Å². The molecule has 0 aliphatic carbocycles. The molecule has 6 nitrogen and oxygen atoms in total. The third-order valence-corrected chi connectivity index (χ3v) is 4.26. The van der Waals surface area contributed by atoms with Crippen molar-refractivity contribution in [2.45, 2.75) is 33.2 Å². The van der Waals surface area contributed by atoms with E-state index in [1.165, 1.54) is 0 Å². The molecule has 0 aliphatic rings. The number of ether oxygens (including phenoxy) is 2. The summed E-state index contributed by atoms with van der Waals surface area (Å²) in [6.07, 6.45) is 1.90. The molecule has 0 saturated heterocycles. The van der Waals surface area contributed by atoms with Gasteiger partial charge in [-0.05, 0) is 43.2 Å². The molecule has 2 amide bonds. The van der Waals surface area contributed by atoms with Crippen LogP contribution in [0.25, 0.3) is 0 Å². The standard InChI is InChI=1S/C21H25ClN2O4/c1-3-5-9-28-19-17(22)11-16(12-18(19)27-4-2)21(26)24-13-14-7-6-8-15(10-14)20(23)25/h6-8,10-12H,3-5,9,13H2,1-2H3,(H2,23,25)(H,24,26). The maximum absolute atomic E-state index is 12.6. The van der Waals surface area contributed by atoms with Gasteiger partial charge in [0.05, 0.1) is 18.2 Å². The molecule has 0 aliphatic heterocycles. The van der Waals surface area contributed by atoms with Crippen molar-refractivity contribution in [1.82, 2.24) is 5.32 Å². The lowest BCUT2D eigenvalue weighted by atomic mass is 10.1. The first-order valence-corrected chi connectivity index (χ1v) is 9.60. The molecule has 0 atom stereocenters.